The summed E-state index contributed by atoms with van der Waals surface area (Å²) in [6, 6.07) is 0. The average molecular weight is 188 g/mol. The van der Waals surface area contributed by atoms with Crippen molar-refractivity contribution in [2.24, 2.45) is 0 Å². The van der Waals surface area contributed by atoms with Crippen molar-refractivity contribution >= 4 is 5.97 Å². The Morgan fingerprint density at radius 1 is 1.62 bits per heavy atom. The van der Waals surface area contributed by atoms with Crippen LogP contribution in [0, 0.1) is 0 Å². The lowest BCUT2D eigenvalue weighted by Crippen LogP contribution is -2.18. The summed E-state index contributed by atoms with van der Waals surface area (Å²) in [5.74, 6) is -0.257. The predicted octanol–water partition coefficient (Wildman–Crippen LogP) is 2.17. The van der Waals surface area contributed by atoms with Gasteiger partial charge in [0.15, 0.2) is 0 Å². The minimum Gasteiger partial charge on any atom is -0.460 e. The van der Waals surface area contributed by atoms with Crippen LogP contribution in [0.15, 0.2) is 12.7 Å². The molecule has 3 heteroatoms. The van der Waals surface area contributed by atoms with Gasteiger partial charge in [-0.25, -0.2) is 0 Å². The van der Waals surface area contributed by atoms with E-state index in [4.69, 9.17) is 9.47 Å². The normalized spacial score (nSPS) is 10.8. The molecule has 0 rings (SSSR count). The number of hydrogen-bond acceptors (Lipinski definition) is 3. The number of carbonyl (C=O) groups is 1. The highest BCUT2D eigenvalue weighted by atomic mass is 16.6. The van der Waals surface area contributed by atoms with Gasteiger partial charge in [-0.2, -0.15) is 0 Å². The van der Waals surface area contributed by atoms with E-state index in [-0.39, 0.29) is 12.1 Å². The Morgan fingerprint density at radius 3 is 2.38 bits per heavy atom. The van der Waals surface area contributed by atoms with E-state index in [1.807, 2.05) is 13.8 Å². The molecule has 0 aliphatic rings. The largest absolute Gasteiger partial charge is 0.460 e. The van der Waals surface area contributed by atoms with E-state index in [1.54, 1.807) is 13.0 Å². The molecule has 13 heavy (non-hydrogen) atoms. The average Bonchev–Trinajstić information content (AvgIpc) is 2.01. The Balaban J connectivity index is 0. The third-order valence-electron chi connectivity index (χ3n) is 0.924. The molecule has 0 aliphatic heterocycles. The van der Waals surface area contributed by atoms with Crippen LogP contribution in [-0.2, 0) is 14.3 Å². The van der Waals surface area contributed by atoms with E-state index in [9.17, 15) is 4.79 Å². The molecule has 0 saturated carbocycles. The maximum absolute atomic E-state index is 10.3. The van der Waals surface area contributed by atoms with Gasteiger partial charge in [0, 0.05) is 13.5 Å². The lowest BCUT2D eigenvalue weighted by Gasteiger charge is -2.10. The van der Waals surface area contributed by atoms with Gasteiger partial charge in [-0.15, -0.1) is 6.58 Å². The summed E-state index contributed by atoms with van der Waals surface area (Å²) in [7, 11) is 0. The Bertz CT molecular complexity index is 132. The zero-order valence-electron chi connectivity index (χ0n) is 9.00. The number of esters is 1. The SMILES string of the molecule is C=CC.CCOCC(C)OC(C)=O. The second kappa shape index (κ2) is 11.2. The zero-order chi connectivity index (χ0) is 10.7. The fourth-order valence-electron chi connectivity index (χ4n) is 0.601. The molecule has 0 aliphatic carbocycles. The Hall–Kier alpha value is -0.830. The zero-order valence-corrected chi connectivity index (χ0v) is 9.00. The van der Waals surface area contributed by atoms with Crippen LogP contribution >= 0.6 is 0 Å². The maximum atomic E-state index is 10.3. The molecule has 0 aromatic rings. The molecule has 0 radical (unpaired) electrons. The van der Waals surface area contributed by atoms with Gasteiger partial charge in [-0.1, -0.05) is 6.08 Å². The van der Waals surface area contributed by atoms with Gasteiger partial charge in [-0.3, -0.25) is 4.79 Å². The molecule has 0 aromatic heterocycles. The highest BCUT2D eigenvalue weighted by Crippen LogP contribution is 1.91. The maximum Gasteiger partial charge on any atom is 0.302 e. The summed E-state index contributed by atoms with van der Waals surface area (Å²) in [5, 5.41) is 0. The van der Waals surface area contributed by atoms with E-state index < -0.39 is 0 Å². The molecule has 3 nitrogen and oxygen atoms in total. The molecule has 0 bridgehead atoms. The van der Waals surface area contributed by atoms with Crippen molar-refractivity contribution in [2.45, 2.75) is 33.8 Å². The van der Waals surface area contributed by atoms with Crippen molar-refractivity contribution in [1.29, 1.82) is 0 Å². The van der Waals surface area contributed by atoms with Crippen molar-refractivity contribution in [3.63, 3.8) is 0 Å². The minimum atomic E-state index is -0.257. The van der Waals surface area contributed by atoms with E-state index in [0.717, 1.165) is 0 Å². The van der Waals surface area contributed by atoms with E-state index >= 15 is 0 Å². The summed E-state index contributed by atoms with van der Waals surface area (Å²) in [6.07, 6.45) is 1.62. The third-order valence-corrected chi connectivity index (χ3v) is 0.924. The first-order valence-electron chi connectivity index (χ1n) is 4.40. The highest BCUT2D eigenvalue weighted by molar-refractivity contribution is 5.66. The summed E-state index contributed by atoms with van der Waals surface area (Å²) in [4.78, 5) is 10.3. The molecule has 1 atom stereocenters. The monoisotopic (exact) mass is 188 g/mol. The number of rotatable bonds is 4. The Morgan fingerprint density at radius 2 is 2.08 bits per heavy atom. The topological polar surface area (TPSA) is 35.5 Å². The number of allylic oxidation sites excluding steroid dienone is 1. The molecule has 0 amide bonds. The van der Waals surface area contributed by atoms with Gasteiger partial charge in [0.2, 0.25) is 0 Å². The molecule has 1 unspecified atom stereocenters. The van der Waals surface area contributed by atoms with Gasteiger partial charge < -0.3 is 9.47 Å². The highest BCUT2D eigenvalue weighted by Gasteiger charge is 2.03. The van der Waals surface area contributed by atoms with Crippen LogP contribution in [0.5, 0.6) is 0 Å². The van der Waals surface area contributed by atoms with Crippen molar-refractivity contribution in [2.75, 3.05) is 13.2 Å². The minimum absolute atomic E-state index is 0.127. The molecular formula is C10H20O3. The third kappa shape index (κ3) is 18.3. The molecule has 0 N–H and O–H groups in total. The molecular weight excluding hydrogens is 168 g/mol. The lowest BCUT2D eigenvalue weighted by atomic mass is 10.4. The number of hydrogen-bond donors (Lipinski definition) is 0. The summed E-state index contributed by atoms with van der Waals surface area (Å²) >= 11 is 0. The van der Waals surface area contributed by atoms with Crippen LogP contribution in [0.1, 0.15) is 27.7 Å². The Labute approximate surface area is 80.7 Å². The second-order valence-corrected chi connectivity index (χ2v) is 2.49. The molecule has 78 valence electrons. The van der Waals surface area contributed by atoms with Gasteiger partial charge in [-0.05, 0) is 20.8 Å². The fourth-order valence-corrected chi connectivity index (χ4v) is 0.601. The van der Waals surface area contributed by atoms with Crippen LogP contribution in [0.4, 0.5) is 0 Å². The van der Waals surface area contributed by atoms with Gasteiger partial charge in [0.25, 0.3) is 0 Å². The van der Waals surface area contributed by atoms with Crippen LogP contribution in [0.2, 0.25) is 0 Å². The number of carbonyl (C=O) groups excluding carboxylic acids is 1. The first-order chi connectivity index (χ1) is 6.08. The summed E-state index contributed by atoms with van der Waals surface area (Å²) in [6.45, 7) is 11.5. The second-order valence-electron chi connectivity index (χ2n) is 2.49. The predicted molar refractivity (Wildman–Crippen MR) is 53.6 cm³/mol. The molecule has 0 spiro atoms. The van der Waals surface area contributed by atoms with Crippen molar-refractivity contribution in [1.82, 2.24) is 0 Å². The molecule has 0 fully saturated rings. The van der Waals surface area contributed by atoms with E-state index in [0.29, 0.717) is 13.2 Å². The van der Waals surface area contributed by atoms with E-state index in [2.05, 4.69) is 6.58 Å². The first-order valence-corrected chi connectivity index (χ1v) is 4.40. The van der Waals surface area contributed by atoms with Crippen molar-refractivity contribution in [3.8, 4) is 0 Å². The molecule has 0 heterocycles. The fraction of sp³-hybridized carbons (Fsp3) is 0.700. The van der Waals surface area contributed by atoms with Crippen LogP contribution < -0.4 is 0 Å². The van der Waals surface area contributed by atoms with Crippen molar-refractivity contribution < 1.29 is 14.3 Å². The Kier molecular flexibility index (Phi) is 12.6. The van der Waals surface area contributed by atoms with Crippen LogP contribution in [-0.4, -0.2) is 25.3 Å². The lowest BCUT2D eigenvalue weighted by molar-refractivity contribution is -0.148. The number of ether oxygens (including phenoxy) is 2. The van der Waals surface area contributed by atoms with Gasteiger partial charge in [0.1, 0.15) is 6.10 Å². The van der Waals surface area contributed by atoms with Gasteiger partial charge in [0.05, 0.1) is 6.61 Å². The van der Waals surface area contributed by atoms with Crippen LogP contribution in [0.25, 0.3) is 0 Å². The summed E-state index contributed by atoms with van der Waals surface area (Å²) < 4.78 is 9.81. The standard InChI is InChI=1S/C7H14O3.C3H6/c1-4-9-5-6(2)10-7(3)8;1-3-2/h6H,4-5H2,1-3H3;3H,1H2,2H3. The molecule has 0 saturated heterocycles. The van der Waals surface area contributed by atoms with Crippen LogP contribution in [0.3, 0.4) is 0 Å². The van der Waals surface area contributed by atoms with E-state index in [1.165, 1.54) is 6.92 Å². The first kappa shape index (κ1) is 14.7. The summed E-state index contributed by atoms with van der Waals surface area (Å²) in [5.41, 5.74) is 0. The van der Waals surface area contributed by atoms with Gasteiger partial charge >= 0.3 is 5.97 Å². The smallest absolute Gasteiger partial charge is 0.302 e. The molecule has 0 aromatic carbocycles. The van der Waals surface area contributed by atoms with Crippen molar-refractivity contribution in [3.05, 3.63) is 12.7 Å². The quantitative estimate of drug-likeness (QED) is 0.501.